The number of alkyl halides is 3. The molecule has 0 spiro atoms. The number of halogens is 4. The third kappa shape index (κ3) is 3.68. The Morgan fingerprint density at radius 2 is 1.61 bits per heavy atom. The van der Waals surface area contributed by atoms with Gasteiger partial charge in [0.15, 0.2) is 6.29 Å². The first-order valence-corrected chi connectivity index (χ1v) is 7.63. The van der Waals surface area contributed by atoms with Gasteiger partial charge in [0.1, 0.15) is 5.82 Å². The van der Waals surface area contributed by atoms with Gasteiger partial charge in [-0.3, -0.25) is 0 Å². The van der Waals surface area contributed by atoms with Crippen LogP contribution in [0.25, 0.3) is 0 Å². The number of benzene rings is 2. The average molecular weight is 344 g/mol. The summed E-state index contributed by atoms with van der Waals surface area (Å²) in [4.78, 5) is 1.12. The van der Waals surface area contributed by atoms with E-state index in [0.717, 1.165) is 12.1 Å². The van der Waals surface area contributed by atoms with E-state index in [0.29, 0.717) is 23.0 Å². The molecule has 3 rings (SSSR count). The predicted molar refractivity (Wildman–Crippen MR) is 76.6 cm³/mol. The summed E-state index contributed by atoms with van der Waals surface area (Å²) >= 11 is 1.17. The minimum absolute atomic E-state index is 0.273. The topological polar surface area (TPSA) is 18.5 Å². The molecule has 1 aliphatic heterocycles. The van der Waals surface area contributed by atoms with Crippen molar-refractivity contribution in [2.45, 2.75) is 22.3 Å². The standard InChI is InChI=1S/C16H12F4O2S/c17-12-2-1-3-13(14(12)15-21-8-9-22-15)23-11-6-4-10(5-7-11)16(18,19)20/h1-7,15H,8-9H2. The summed E-state index contributed by atoms with van der Waals surface area (Å²) in [5.41, 5.74) is -0.446. The average Bonchev–Trinajstić information content (AvgIpc) is 3.01. The summed E-state index contributed by atoms with van der Waals surface area (Å²) in [6.45, 7) is 0.757. The van der Waals surface area contributed by atoms with Gasteiger partial charge in [-0.1, -0.05) is 17.8 Å². The summed E-state index contributed by atoms with van der Waals surface area (Å²) in [6.07, 6.45) is -5.16. The van der Waals surface area contributed by atoms with Crippen LogP contribution in [0.3, 0.4) is 0 Å². The summed E-state index contributed by atoms with van der Waals surface area (Å²) in [6, 6.07) is 9.26. The molecular formula is C16H12F4O2S. The lowest BCUT2D eigenvalue weighted by Gasteiger charge is -2.15. The van der Waals surface area contributed by atoms with Gasteiger partial charge in [0.05, 0.1) is 24.3 Å². The largest absolute Gasteiger partial charge is 0.416 e. The molecule has 0 radical (unpaired) electrons. The highest BCUT2D eigenvalue weighted by Gasteiger charge is 2.30. The van der Waals surface area contributed by atoms with E-state index >= 15 is 0 Å². The van der Waals surface area contributed by atoms with Crippen molar-refractivity contribution in [3.8, 4) is 0 Å². The highest BCUT2D eigenvalue weighted by atomic mass is 32.2. The van der Waals surface area contributed by atoms with Crippen LogP contribution >= 0.6 is 11.8 Å². The van der Waals surface area contributed by atoms with Crippen molar-refractivity contribution in [1.29, 1.82) is 0 Å². The highest BCUT2D eigenvalue weighted by Crippen LogP contribution is 2.38. The molecule has 2 aromatic rings. The zero-order chi connectivity index (χ0) is 16.4. The Hall–Kier alpha value is -1.57. The smallest absolute Gasteiger partial charge is 0.346 e. The van der Waals surface area contributed by atoms with Gasteiger partial charge in [-0.2, -0.15) is 13.2 Å². The van der Waals surface area contributed by atoms with Gasteiger partial charge in [-0.15, -0.1) is 0 Å². The molecule has 1 saturated heterocycles. The van der Waals surface area contributed by atoms with E-state index in [9.17, 15) is 17.6 Å². The van der Waals surface area contributed by atoms with E-state index in [1.165, 1.54) is 30.0 Å². The molecule has 0 aliphatic carbocycles. The lowest BCUT2D eigenvalue weighted by atomic mass is 10.2. The van der Waals surface area contributed by atoms with Gasteiger partial charge in [-0.05, 0) is 36.4 Å². The second-order valence-corrected chi connectivity index (χ2v) is 5.96. The van der Waals surface area contributed by atoms with Crippen molar-refractivity contribution in [2.75, 3.05) is 13.2 Å². The fourth-order valence-corrected chi connectivity index (χ4v) is 3.18. The van der Waals surface area contributed by atoms with Crippen molar-refractivity contribution in [1.82, 2.24) is 0 Å². The van der Waals surface area contributed by atoms with E-state index in [1.807, 2.05) is 0 Å². The maximum Gasteiger partial charge on any atom is 0.416 e. The molecule has 23 heavy (non-hydrogen) atoms. The summed E-state index contributed by atoms with van der Waals surface area (Å²) in [5, 5.41) is 0. The molecule has 1 aliphatic rings. The van der Waals surface area contributed by atoms with E-state index in [4.69, 9.17) is 9.47 Å². The molecule has 2 nitrogen and oxygen atoms in total. The molecule has 0 unspecified atom stereocenters. The molecule has 0 N–H and O–H groups in total. The van der Waals surface area contributed by atoms with Crippen LogP contribution in [0.4, 0.5) is 17.6 Å². The Labute approximate surface area is 134 Å². The third-order valence-electron chi connectivity index (χ3n) is 3.28. The Morgan fingerprint density at radius 3 is 2.22 bits per heavy atom. The fourth-order valence-electron chi connectivity index (χ4n) is 2.20. The van der Waals surface area contributed by atoms with Crippen LogP contribution in [0.2, 0.25) is 0 Å². The molecule has 1 fully saturated rings. The normalized spacial score (nSPS) is 16.0. The van der Waals surface area contributed by atoms with Crippen molar-refractivity contribution in [3.05, 3.63) is 59.4 Å². The second-order valence-electron chi connectivity index (χ2n) is 4.85. The first-order chi connectivity index (χ1) is 10.9. The molecular weight excluding hydrogens is 332 g/mol. The molecule has 0 amide bonds. The van der Waals surface area contributed by atoms with E-state index in [-0.39, 0.29) is 5.56 Å². The highest BCUT2D eigenvalue weighted by molar-refractivity contribution is 7.99. The number of hydrogen-bond acceptors (Lipinski definition) is 3. The van der Waals surface area contributed by atoms with Crippen LogP contribution in [-0.4, -0.2) is 13.2 Å². The molecule has 0 atom stereocenters. The fraction of sp³-hybridized carbons (Fsp3) is 0.250. The summed E-state index contributed by atoms with van der Waals surface area (Å²) in [7, 11) is 0. The lowest BCUT2D eigenvalue weighted by Crippen LogP contribution is -2.04. The van der Waals surface area contributed by atoms with Gasteiger partial charge in [0, 0.05) is 9.79 Å². The SMILES string of the molecule is Fc1cccc(Sc2ccc(C(F)(F)F)cc2)c1C1OCCO1. The number of ether oxygens (including phenoxy) is 2. The Bertz CT molecular complexity index is 679. The molecule has 0 aromatic heterocycles. The van der Waals surface area contributed by atoms with E-state index < -0.39 is 23.8 Å². The minimum atomic E-state index is -4.38. The molecule has 1 heterocycles. The van der Waals surface area contributed by atoms with Crippen molar-refractivity contribution in [3.63, 3.8) is 0 Å². The van der Waals surface area contributed by atoms with Gasteiger partial charge >= 0.3 is 6.18 Å². The van der Waals surface area contributed by atoms with Crippen LogP contribution in [0.1, 0.15) is 17.4 Å². The van der Waals surface area contributed by atoms with E-state index in [2.05, 4.69) is 0 Å². The van der Waals surface area contributed by atoms with Gasteiger partial charge < -0.3 is 9.47 Å². The molecule has 2 aromatic carbocycles. The maximum atomic E-state index is 14.1. The first-order valence-electron chi connectivity index (χ1n) is 6.82. The van der Waals surface area contributed by atoms with Gasteiger partial charge in [-0.25, -0.2) is 4.39 Å². The van der Waals surface area contributed by atoms with Crippen molar-refractivity contribution in [2.24, 2.45) is 0 Å². The zero-order valence-corrected chi connectivity index (χ0v) is 12.6. The maximum absolute atomic E-state index is 14.1. The Balaban J connectivity index is 1.87. The van der Waals surface area contributed by atoms with Crippen LogP contribution in [0.15, 0.2) is 52.3 Å². The Kier molecular flexibility index (Phi) is 4.61. The number of hydrogen-bond donors (Lipinski definition) is 0. The zero-order valence-electron chi connectivity index (χ0n) is 11.8. The first kappa shape index (κ1) is 16.3. The van der Waals surface area contributed by atoms with Gasteiger partial charge in [0.2, 0.25) is 0 Å². The molecule has 0 bridgehead atoms. The van der Waals surface area contributed by atoms with E-state index in [1.54, 1.807) is 12.1 Å². The van der Waals surface area contributed by atoms with Crippen LogP contribution in [0, 0.1) is 5.82 Å². The van der Waals surface area contributed by atoms with Crippen LogP contribution in [0.5, 0.6) is 0 Å². The lowest BCUT2D eigenvalue weighted by molar-refractivity contribution is -0.137. The van der Waals surface area contributed by atoms with Crippen LogP contribution < -0.4 is 0 Å². The minimum Gasteiger partial charge on any atom is -0.346 e. The van der Waals surface area contributed by atoms with Crippen molar-refractivity contribution >= 4 is 11.8 Å². The second kappa shape index (κ2) is 6.51. The third-order valence-corrected chi connectivity index (χ3v) is 4.36. The van der Waals surface area contributed by atoms with Crippen LogP contribution in [-0.2, 0) is 15.7 Å². The monoisotopic (exact) mass is 344 g/mol. The van der Waals surface area contributed by atoms with Crippen molar-refractivity contribution < 1.29 is 27.0 Å². The quantitative estimate of drug-likeness (QED) is 0.727. The molecule has 0 saturated carbocycles. The Morgan fingerprint density at radius 1 is 0.957 bits per heavy atom. The van der Waals surface area contributed by atoms with Gasteiger partial charge in [0.25, 0.3) is 0 Å². The summed E-state index contributed by atoms with van der Waals surface area (Å²) in [5.74, 6) is -0.464. The predicted octanol–water partition coefficient (Wildman–Crippen LogP) is 5.04. The molecule has 122 valence electrons. The molecule has 7 heteroatoms. The summed E-state index contributed by atoms with van der Waals surface area (Å²) < 4.78 is 62.5. The number of rotatable bonds is 3.